The minimum absolute atomic E-state index is 0.00191. The maximum Gasteiger partial charge on any atom is 0.100 e. The molecule has 0 unspecified atom stereocenters. The zero-order valence-corrected chi connectivity index (χ0v) is 26.9. The lowest BCUT2D eigenvalue weighted by Gasteiger charge is -2.44. The van der Waals surface area contributed by atoms with Gasteiger partial charge in [-0.05, 0) is 92.7 Å². The summed E-state index contributed by atoms with van der Waals surface area (Å²) in [6.07, 6.45) is 5.16. The largest absolute Gasteiger partial charge is 0.255 e. The molecule has 0 fully saturated rings. The first-order chi connectivity index (χ1) is 19.2. The van der Waals surface area contributed by atoms with Crippen LogP contribution in [-0.4, -0.2) is 4.98 Å². The molecule has 1 aliphatic carbocycles. The van der Waals surface area contributed by atoms with Crippen molar-refractivity contribution in [3.63, 3.8) is 0 Å². The molecule has 0 N–H and O–H groups in total. The predicted molar refractivity (Wildman–Crippen MR) is 177 cm³/mol. The van der Waals surface area contributed by atoms with Crippen LogP contribution in [0.15, 0.2) is 48.7 Å². The smallest absolute Gasteiger partial charge is 0.100 e. The zero-order valence-electron chi connectivity index (χ0n) is 26.1. The highest BCUT2D eigenvalue weighted by Gasteiger charge is 2.42. The second-order valence-corrected chi connectivity index (χ2v) is 15.9. The number of hydrogen-bond acceptors (Lipinski definition) is 3. The van der Waals surface area contributed by atoms with Gasteiger partial charge in [0.25, 0.3) is 0 Å². The van der Waals surface area contributed by atoms with E-state index in [1.807, 2.05) is 17.5 Å². The van der Waals surface area contributed by atoms with Gasteiger partial charge in [-0.2, -0.15) is 5.26 Å². The maximum atomic E-state index is 10.8. The van der Waals surface area contributed by atoms with E-state index >= 15 is 0 Å². The van der Waals surface area contributed by atoms with Gasteiger partial charge in [0.05, 0.1) is 16.0 Å². The van der Waals surface area contributed by atoms with Gasteiger partial charge in [-0.1, -0.05) is 86.6 Å². The number of fused-ring (bicyclic) bond motifs is 6. The van der Waals surface area contributed by atoms with Crippen molar-refractivity contribution in [1.82, 2.24) is 4.98 Å². The van der Waals surface area contributed by atoms with E-state index in [1.54, 1.807) is 0 Å². The first-order valence-electron chi connectivity index (χ1n) is 15.1. The normalized spacial score (nSPS) is 16.4. The molecule has 2 heterocycles. The summed E-state index contributed by atoms with van der Waals surface area (Å²) in [4.78, 5) is 5.03. The highest BCUT2D eigenvalue weighted by Crippen LogP contribution is 2.55. The van der Waals surface area contributed by atoms with Crippen LogP contribution in [-0.2, 0) is 22.7 Å². The number of nitriles is 1. The molecule has 0 bridgehead atoms. The summed E-state index contributed by atoms with van der Waals surface area (Å²) in [5.74, 6) is 0.472. The fraction of sp³-hybridized carbons (Fsp3) is 0.421. The molecule has 5 aromatic rings. The topological polar surface area (TPSA) is 36.7 Å². The second kappa shape index (κ2) is 9.40. The summed E-state index contributed by atoms with van der Waals surface area (Å²) in [7, 11) is 0. The zero-order chi connectivity index (χ0) is 29.5. The Morgan fingerprint density at radius 3 is 2.27 bits per heavy atom. The monoisotopic (exact) mass is 558 g/mol. The van der Waals surface area contributed by atoms with Crippen LogP contribution in [0.4, 0.5) is 0 Å². The SMILES string of the molecule is CC(C)Cc1c2c(c3sc4c(-c5cc(C(C)(C)C)c6ccccc6c5)nccc4c3c1C#N)C(C)(C)CCC2(C)C. The third-order valence-corrected chi connectivity index (χ3v) is 10.6. The first kappa shape index (κ1) is 27.9. The van der Waals surface area contributed by atoms with E-state index < -0.39 is 0 Å². The fourth-order valence-electron chi connectivity index (χ4n) is 7.27. The minimum atomic E-state index is -0.00191. The fourth-order valence-corrected chi connectivity index (χ4v) is 8.81. The summed E-state index contributed by atoms with van der Waals surface area (Å²) >= 11 is 1.86. The number of pyridine rings is 1. The lowest BCUT2D eigenvalue weighted by atomic mass is 9.60. The van der Waals surface area contributed by atoms with Crippen molar-refractivity contribution >= 4 is 42.3 Å². The Balaban J connectivity index is 1.77. The third kappa shape index (κ3) is 4.38. The van der Waals surface area contributed by atoms with Crippen LogP contribution in [0.3, 0.4) is 0 Å². The van der Waals surface area contributed by atoms with Gasteiger partial charge in [0.2, 0.25) is 0 Å². The van der Waals surface area contributed by atoms with Crippen molar-refractivity contribution < 1.29 is 0 Å². The lowest BCUT2D eigenvalue weighted by molar-refractivity contribution is 0.331. The molecular formula is C38H42N2S. The molecule has 1 aliphatic rings. The van der Waals surface area contributed by atoms with Crippen molar-refractivity contribution in [2.45, 2.75) is 97.8 Å². The summed E-state index contributed by atoms with van der Waals surface area (Å²) in [6.45, 7) is 21.0. The number of hydrogen-bond donors (Lipinski definition) is 0. The summed E-state index contributed by atoms with van der Waals surface area (Å²) in [5, 5.41) is 15.6. The van der Waals surface area contributed by atoms with Crippen LogP contribution in [0.25, 0.3) is 42.2 Å². The second-order valence-electron chi connectivity index (χ2n) is 14.9. The van der Waals surface area contributed by atoms with Crippen molar-refractivity contribution in [2.24, 2.45) is 5.92 Å². The Morgan fingerprint density at radius 1 is 0.927 bits per heavy atom. The molecule has 3 aromatic carbocycles. The Bertz CT molecular complexity index is 1890. The summed E-state index contributed by atoms with van der Waals surface area (Å²) in [5.41, 5.74) is 8.66. The molecule has 41 heavy (non-hydrogen) atoms. The van der Waals surface area contributed by atoms with Gasteiger partial charge >= 0.3 is 0 Å². The quantitative estimate of drug-likeness (QED) is 0.221. The molecule has 0 saturated carbocycles. The summed E-state index contributed by atoms with van der Waals surface area (Å²) in [6, 6.07) is 18.2. The van der Waals surface area contributed by atoms with Gasteiger partial charge in [-0.3, -0.25) is 4.98 Å². The molecule has 210 valence electrons. The predicted octanol–water partition coefficient (Wildman–Crippen LogP) is 11.0. The van der Waals surface area contributed by atoms with Crippen molar-refractivity contribution in [1.29, 1.82) is 5.26 Å². The number of benzene rings is 3. The van der Waals surface area contributed by atoms with Gasteiger partial charge in [0.1, 0.15) is 6.07 Å². The van der Waals surface area contributed by atoms with Gasteiger partial charge in [-0.25, -0.2) is 0 Å². The van der Waals surface area contributed by atoms with E-state index in [9.17, 15) is 5.26 Å². The summed E-state index contributed by atoms with van der Waals surface area (Å²) < 4.78 is 2.49. The van der Waals surface area contributed by atoms with Gasteiger partial charge < -0.3 is 0 Å². The molecule has 0 spiro atoms. The molecule has 3 heteroatoms. The molecule has 6 rings (SSSR count). The van der Waals surface area contributed by atoms with Crippen molar-refractivity contribution in [3.8, 4) is 17.3 Å². The first-order valence-corrected chi connectivity index (χ1v) is 15.9. The number of thiophene rings is 1. The Morgan fingerprint density at radius 2 is 1.61 bits per heavy atom. The number of rotatable bonds is 3. The van der Waals surface area contributed by atoms with Crippen LogP contribution >= 0.6 is 11.3 Å². The van der Waals surface area contributed by atoms with Crippen LogP contribution < -0.4 is 0 Å². The van der Waals surface area contributed by atoms with Gasteiger partial charge in [0.15, 0.2) is 0 Å². The average Bonchev–Trinajstić information content (AvgIpc) is 3.28. The molecule has 2 nitrogen and oxygen atoms in total. The van der Waals surface area contributed by atoms with E-state index in [-0.39, 0.29) is 16.2 Å². The Kier molecular flexibility index (Phi) is 6.40. The van der Waals surface area contributed by atoms with Crippen LogP contribution in [0, 0.1) is 17.2 Å². The Hall–Kier alpha value is -3.22. The number of aromatic nitrogens is 1. The van der Waals surface area contributed by atoms with E-state index in [0.29, 0.717) is 5.92 Å². The van der Waals surface area contributed by atoms with Crippen molar-refractivity contribution in [2.75, 3.05) is 0 Å². The molecule has 0 aliphatic heterocycles. The molecule has 0 atom stereocenters. The van der Waals surface area contributed by atoms with Crippen molar-refractivity contribution in [3.05, 3.63) is 76.5 Å². The van der Waals surface area contributed by atoms with Crippen LogP contribution in [0.1, 0.15) is 103 Å². The molecular weight excluding hydrogens is 516 g/mol. The standard InChI is InChI=1S/C38H42N2S/c1-22(2)18-27-28(21-39)30-26-14-17-40-33(24-19-23-12-10-11-13-25(23)29(20-24)36(3,4)5)34(26)41-35(30)32-31(27)37(6,7)15-16-38(32,8)9/h10-14,17,19-20,22H,15-16,18H2,1-9H3. The van der Waals surface area contributed by atoms with E-state index in [0.717, 1.165) is 41.5 Å². The highest BCUT2D eigenvalue weighted by atomic mass is 32.1. The van der Waals surface area contributed by atoms with Crippen LogP contribution in [0.5, 0.6) is 0 Å². The molecule has 0 amide bonds. The highest BCUT2D eigenvalue weighted by molar-refractivity contribution is 7.26. The van der Waals surface area contributed by atoms with E-state index in [4.69, 9.17) is 4.98 Å². The van der Waals surface area contributed by atoms with Gasteiger partial charge in [0, 0.05) is 27.2 Å². The molecule has 0 saturated heterocycles. The van der Waals surface area contributed by atoms with E-state index in [2.05, 4.69) is 111 Å². The van der Waals surface area contributed by atoms with Gasteiger partial charge in [-0.15, -0.1) is 11.3 Å². The number of nitrogens with zero attached hydrogens (tertiary/aromatic N) is 2. The molecule has 0 radical (unpaired) electrons. The molecule has 2 aromatic heterocycles. The maximum absolute atomic E-state index is 10.8. The van der Waals surface area contributed by atoms with E-state index in [1.165, 1.54) is 47.8 Å². The average molecular weight is 559 g/mol. The Labute approximate surface area is 249 Å². The lowest BCUT2D eigenvalue weighted by Crippen LogP contribution is -2.35. The third-order valence-electron chi connectivity index (χ3n) is 9.33. The minimum Gasteiger partial charge on any atom is -0.255 e. The van der Waals surface area contributed by atoms with Crippen LogP contribution in [0.2, 0.25) is 0 Å².